The van der Waals surface area contributed by atoms with Crippen molar-refractivity contribution in [3.05, 3.63) is 139 Å². The lowest BCUT2D eigenvalue weighted by molar-refractivity contribution is 0.521. The van der Waals surface area contributed by atoms with Gasteiger partial charge in [-0.05, 0) is 53.8 Å². The van der Waals surface area contributed by atoms with Crippen LogP contribution in [-0.2, 0) is 0 Å². The molecule has 0 aliphatic heterocycles. The highest BCUT2D eigenvalue weighted by atomic mass is 16.3. The standard InChI is InChI=1S/C42H35N3O/c1-26(2)28(4)36-25-24-34-33-21-13-22-35(40(33)46-42(34)44-36)41-43-37-23-11-14-27(3)38(37)45(41)39-31(29-15-7-5-8-16-29)19-12-20-32(39)30-17-9-6-10-18-30/h5-26,28H,1-4H3. The summed E-state index contributed by atoms with van der Waals surface area (Å²) in [6.45, 7) is 8.86. The Morgan fingerprint density at radius 2 is 1.22 bits per heavy atom. The first-order chi connectivity index (χ1) is 22.5. The van der Waals surface area contributed by atoms with E-state index in [0.29, 0.717) is 17.5 Å². The van der Waals surface area contributed by atoms with Crippen LogP contribution in [0.25, 0.3) is 72.4 Å². The molecule has 0 radical (unpaired) electrons. The summed E-state index contributed by atoms with van der Waals surface area (Å²) in [4.78, 5) is 10.4. The SMILES string of the molecule is Cc1cccc2nc(-c3cccc4c3oc3nc(C(C)C(C)C)ccc34)n(-c3c(-c4ccccc4)cccc3-c3ccccc3)c12. The van der Waals surface area contributed by atoms with Crippen molar-refractivity contribution in [3.8, 4) is 39.3 Å². The van der Waals surface area contributed by atoms with Gasteiger partial charge in [0.15, 0.2) is 0 Å². The van der Waals surface area contributed by atoms with Crippen molar-refractivity contribution in [1.82, 2.24) is 14.5 Å². The first-order valence-electron chi connectivity index (χ1n) is 16.0. The predicted octanol–water partition coefficient (Wildman–Crippen LogP) is 11.4. The first kappa shape index (κ1) is 28.0. The van der Waals surface area contributed by atoms with Gasteiger partial charge < -0.3 is 4.42 Å². The molecule has 0 aliphatic carbocycles. The number of para-hydroxylation sites is 3. The Labute approximate surface area is 269 Å². The van der Waals surface area contributed by atoms with E-state index in [1.165, 1.54) is 0 Å². The molecule has 224 valence electrons. The number of fused-ring (bicyclic) bond motifs is 4. The molecule has 46 heavy (non-hydrogen) atoms. The lowest BCUT2D eigenvalue weighted by atomic mass is 9.94. The van der Waals surface area contributed by atoms with Gasteiger partial charge in [-0.3, -0.25) is 4.57 Å². The molecule has 3 heterocycles. The van der Waals surface area contributed by atoms with Gasteiger partial charge in [-0.2, -0.15) is 0 Å². The number of pyridine rings is 1. The number of hydrogen-bond donors (Lipinski definition) is 0. The second-order valence-corrected chi connectivity index (χ2v) is 12.6. The Bertz CT molecular complexity index is 2310. The van der Waals surface area contributed by atoms with Crippen LogP contribution in [-0.4, -0.2) is 14.5 Å². The zero-order valence-corrected chi connectivity index (χ0v) is 26.5. The second kappa shape index (κ2) is 11.1. The van der Waals surface area contributed by atoms with Crippen molar-refractivity contribution in [1.29, 1.82) is 0 Å². The van der Waals surface area contributed by atoms with Crippen molar-refractivity contribution in [2.24, 2.45) is 5.92 Å². The molecule has 0 amide bonds. The smallest absolute Gasteiger partial charge is 0.227 e. The topological polar surface area (TPSA) is 43.9 Å². The molecule has 4 heteroatoms. The van der Waals surface area contributed by atoms with Gasteiger partial charge in [0.1, 0.15) is 11.4 Å². The maximum Gasteiger partial charge on any atom is 0.227 e. The van der Waals surface area contributed by atoms with Crippen LogP contribution >= 0.6 is 0 Å². The quantitative estimate of drug-likeness (QED) is 0.191. The van der Waals surface area contributed by atoms with E-state index in [0.717, 1.165) is 78.0 Å². The summed E-state index contributed by atoms with van der Waals surface area (Å²) < 4.78 is 9.05. The van der Waals surface area contributed by atoms with Crippen LogP contribution in [0.3, 0.4) is 0 Å². The van der Waals surface area contributed by atoms with Crippen molar-refractivity contribution in [2.45, 2.75) is 33.6 Å². The number of furan rings is 1. The van der Waals surface area contributed by atoms with Crippen LogP contribution in [0, 0.1) is 12.8 Å². The van der Waals surface area contributed by atoms with Gasteiger partial charge in [0.25, 0.3) is 0 Å². The van der Waals surface area contributed by atoms with Crippen molar-refractivity contribution < 1.29 is 4.42 Å². The molecule has 1 unspecified atom stereocenters. The average Bonchev–Trinajstić information content (AvgIpc) is 3.67. The molecule has 0 saturated carbocycles. The summed E-state index contributed by atoms with van der Waals surface area (Å²) in [6.07, 6.45) is 0. The van der Waals surface area contributed by atoms with Crippen LogP contribution in [0.15, 0.2) is 132 Å². The van der Waals surface area contributed by atoms with E-state index in [-0.39, 0.29) is 0 Å². The largest absolute Gasteiger partial charge is 0.437 e. The third kappa shape index (κ3) is 4.52. The van der Waals surface area contributed by atoms with Crippen LogP contribution in [0.4, 0.5) is 0 Å². The monoisotopic (exact) mass is 597 g/mol. The maximum atomic E-state index is 6.69. The Kier molecular flexibility index (Phi) is 6.79. The van der Waals surface area contributed by atoms with E-state index in [1.807, 2.05) is 0 Å². The molecule has 1 atom stereocenters. The van der Waals surface area contributed by atoms with Gasteiger partial charge in [0.2, 0.25) is 5.71 Å². The summed E-state index contributed by atoms with van der Waals surface area (Å²) in [5, 5.41) is 2.06. The summed E-state index contributed by atoms with van der Waals surface area (Å²) in [6, 6.07) is 44.9. The molecule has 4 nitrogen and oxygen atoms in total. The molecule has 8 rings (SSSR count). The molecule has 5 aromatic carbocycles. The minimum absolute atomic E-state index is 0.329. The summed E-state index contributed by atoms with van der Waals surface area (Å²) in [5.41, 5.74) is 12.3. The number of benzene rings is 5. The predicted molar refractivity (Wildman–Crippen MR) is 190 cm³/mol. The number of nitrogens with zero attached hydrogens (tertiary/aromatic N) is 3. The number of hydrogen-bond acceptors (Lipinski definition) is 3. The van der Waals surface area contributed by atoms with Gasteiger partial charge in [-0.15, -0.1) is 0 Å². The minimum atomic E-state index is 0.329. The molecule has 0 N–H and O–H groups in total. The van der Waals surface area contributed by atoms with Crippen molar-refractivity contribution in [3.63, 3.8) is 0 Å². The maximum absolute atomic E-state index is 6.69. The zero-order chi connectivity index (χ0) is 31.4. The zero-order valence-electron chi connectivity index (χ0n) is 26.5. The second-order valence-electron chi connectivity index (χ2n) is 12.6. The average molecular weight is 598 g/mol. The number of aromatic nitrogens is 3. The number of rotatable bonds is 6. The molecule has 0 saturated heterocycles. The lowest BCUT2D eigenvalue weighted by Crippen LogP contribution is -2.04. The van der Waals surface area contributed by atoms with Crippen LogP contribution in [0.5, 0.6) is 0 Å². The fourth-order valence-electron chi connectivity index (χ4n) is 6.64. The van der Waals surface area contributed by atoms with Crippen LogP contribution in [0.2, 0.25) is 0 Å². The van der Waals surface area contributed by atoms with Gasteiger partial charge >= 0.3 is 0 Å². The van der Waals surface area contributed by atoms with E-state index >= 15 is 0 Å². The van der Waals surface area contributed by atoms with E-state index in [1.54, 1.807) is 0 Å². The summed E-state index contributed by atoms with van der Waals surface area (Å²) in [7, 11) is 0. The fraction of sp³-hybridized carbons (Fsp3) is 0.143. The highest BCUT2D eigenvalue weighted by Gasteiger charge is 2.25. The normalized spacial score (nSPS) is 12.5. The molecule has 8 aromatic rings. The van der Waals surface area contributed by atoms with Crippen molar-refractivity contribution in [2.75, 3.05) is 0 Å². The minimum Gasteiger partial charge on any atom is -0.437 e. The van der Waals surface area contributed by atoms with Gasteiger partial charge in [-0.1, -0.05) is 124 Å². The molecule has 0 aliphatic rings. The van der Waals surface area contributed by atoms with Crippen LogP contribution < -0.4 is 0 Å². The fourth-order valence-corrected chi connectivity index (χ4v) is 6.64. The van der Waals surface area contributed by atoms with E-state index in [9.17, 15) is 0 Å². The Morgan fingerprint density at radius 3 is 1.89 bits per heavy atom. The first-order valence-corrected chi connectivity index (χ1v) is 16.0. The van der Waals surface area contributed by atoms with E-state index in [2.05, 4.69) is 160 Å². The summed E-state index contributed by atoms with van der Waals surface area (Å²) in [5.74, 6) is 1.65. The Morgan fingerprint density at radius 1 is 0.587 bits per heavy atom. The van der Waals surface area contributed by atoms with Gasteiger partial charge in [0.05, 0.1) is 22.3 Å². The highest BCUT2D eigenvalue weighted by Crippen LogP contribution is 2.43. The third-order valence-corrected chi connectivity index (χ3v) is 9.40. The molecule has 3 aromatic heterocycles. The highest BCUT2D eigenvalue weighted by molar-refractivity contribution is 6.09. The van der Waals surface area contributed by atoms with Crippen molar-refractivity contribution >= 4 is 33.1 Å². The Balaban J connectivity index is 1.48. The van der Waals surface area contributed by atoms with Gasteiger partial charge in [0, 0.05) is 33.5 Å². The number of imidazole rings is 1. The van der Waals surface area contributed by atoms with Crippen LogP contribution in [0.1, 0.15) is 37.9 Å². The number of aryl methyl sites for hydroxylation is 1. The molecular formula is C42H35N3O. The third-order valence-electron chi connectivity index (χ3n) is 9.40. The molecule has 0 bridgehead atoms. The molecule has 0 spiro atoms. The molecular weight excluding hydrogens is 562 g/mol. The molecule has 0 fully saturated rings. The van der Waals surface area contributed by atoms with E-state index in [4.69, 9.17) is 14.4 Å². The van der Waals surface area contributed by atoms with E-state index < -0.39 is 0 Å². The summed E-state index contributed by atoms with van der Waals surface area (Å²) >= 11 is 0. The Hall–Kier alpha value is -5.48. The van der Waals surface area contributed by atoms with Gasteiger partial charge in [-0.25, -0.2) is 9.97 Å². The lowest BCUT2D eigenvalue weighted by Gasteiger charge is -2.20.